The maximum atomic E-state index is 12.4. The van der Waals surface area contributed by atoms with Crippen LogP contribution in [-0.4, -0.2) is 51.6 Å². The van der Waals surface area contributed by atoms with E-state index in [2.05, 4.69) is 34.3 Å². The predicted molar refractivity (Wildman–Crippen MR) is 110 cm³/mol. The van der Waals surface area contributed by atoms with E-state index < -0.39 is 10.0 Å². The van der Waals surface area contributed by atoms with Gasteiger partial charge in [-0.25, -0.2) is 13.1 Å². The predicted octanol–water partition coefficient (Wildman–Crippen LogP) is 1.71. The summed E-state index contributed by atoms with van der Waals surface area (Å²) in [7, 11) is -3.28. The minimum Gasteiger partial charge on any atom is -0.301 e. The maximum Gasteiger partial charge on any atom is 0.215 e. The van der Waals surface area contributed by atoms with Crippen LogP contribution >= 0.6 is 0 Å². The summed E-state index contributed by atoms with van der Waals surface area (Å²) >= 11 is 0. The van der Waals surface area contributed by atoms with E-state index >= 15 is 0 Å². The van der Waals surface area contributed by atoms with Gasteiger partial charge in [-0.2, -0.15) is 0 Å². The van der Waals surface area contributed by atoms with Crippen LogP contribution in [0.2, 0.25) is 0 Å². The van der Waals surface area contributed by atoms with Gasteiger partial charge < -0.3 is 4.90 Å². The highest BCUT2D eigenvalue weighted by atomic mass is 32.2. The Kier molecular flexibility index (Phi) is 7.28. The average molecular weight is 395 g/mol. The van der Waals surface area contributed by atoms with Crippen molar-refractivity contribution in [2.24, 2.45) is 11.8 Å². The van der Waals surface area contributed by atoms with Gasteiger partial charge in [-0.15, -0.1) is 0 Å². The van der Waals surface area contributed by atoms with Gasteiger partial charge in [-0.05, 0) is 43.2 Å². The molecule has 0 spiro atoms. The first-order valence-electron chi connectivity index (χ1n) is 10.2. The number of benzene rings is 1. The summed E-state index contributed by atoms with van der Waals surface area (Å²) in [5.41, 5.74) is 7.67. The van der Waals surface area contributed by atoms with Crippen LogP contribution in [0.25, 0.3) is 0 Å². The van der Waals surface area contributed by atoms with Crippen molar-refractivity contribution in [3.63, 3.8) is 0 Å². The Morgan fingerprint density at radius 3 is 2.70 bits per heavy atom. The highest BCUT2D eigenvalue weighted by Gasteiger charge is 2.29. The van der Waals surface area contributed by atoms with E-state index in [0.29, 0.717) is 30.5 Å². The topological polar surface area (TPSA) is 73.5 Å². The quantitative estimate of drug-likeness (QED) is 0.626. The minimum atomic E-state index is -3.28. The molecule has 3 unspecified atom stereocenters. The van der Waals surface area contributed by atoms with Crippen LogP contribution in [0.5, 0.6) is 0 Å². The Balaban J connectivity index is 1.43. The van der Waals surface area contributed by atoms with Gasteiger partial charge in [0.15, 0.2) is 0 Å². The van der Waals surface area contributed by atoms with Gasteiger partial charge in [0.2, 0.25) is 10.0 Å². The van der Waals surface area contributed by atoms with Gasteiger partial charge in [0.1, 0.15) is 0 Å². The van der Waals surface area contributed by atoms with E-state index in [4.69, 9.17) is 0 Å². The molecule has 0 amide bonds. The molecule has 2 aliphatic rings. The number of nitrogens with one attached hydrogen (secondary N) is 3. The molecule has 1 aromatic carbocycles. The van der Waals surface area contributed by atoms with Gasteiger partial charge in [-0.1, -0.05) is 44.2 Å². The molecule has 2 aliphatic heterocycles. The molecule has 6 nitrogen and oxygen atoms in total. The Hall–Kier alpha value is -0.990. The van der Waals surface area contributed by atoms with Crippen molar-refractivity contribution in [2.75, 3.05) is 26.2 Å². The Morgan fingerprint density at radius 1 is 1.22 bits per heavy atom. The molecular weight excluding hydrogens is 360 g/mol. The number of piperidine rings is 1. The first-order valence-corrected chi connectivity index (χ1v) is 11.8. The number of hydrazine groups is 1. The van der Waals surface area contributed by atoms with Crippen molar-refractivity contribution in [3.8, 4) is 0 Å². The monoisotopic (exact) mass is 394 g/mol. The fourth-order valence-electron chi connectivity index (χ4n) is 4.09. The van der Waals surface area contributed by atoms with Gasteiger partial charge in [0, 0.05) is 31.7 Å². The molecule has 152 valence electrons. The fraction of sp³-hybridized carbons (Fsp3) is 0.700. The van der Waals surface area contributed by atoms with Gasteiger partial charge in [0.05, 0.1) is 5.75 Å². The summed E-state index contributed by atoms with van der Waals surface area (Å²) in [6.45, 7) is 8.15. The zero-order chi connectivity index (χ0) is 19.3. The summed E-state index contributed by atoms with van der Waals surface area (Å²) in [5.74, 6) is 1.08. The van der Waals surface area contributed by atoms with E-state index in [0.717, 1.165) is 44.5 Å². The highest BCUT2D eigenvalue weighted by molar-refractivity contribution is 7.88. The molecule has 7 heteroatoms. The number of hydrogen-bond donors (Lipinski definition) is 3. The number of nitrogens with zero attached hydrogens (tertiary/aromatic N) is 1. The van der Waals surface area contributed by atoms with Crippen molar-refractivity contribution in [1.82, 2.24) is 20.5 Å². The molecule has 0 aliphatic carbocycles. The lowest BCUT2D eigenvalue weighted by Gasteiger charge is -2.34. The Labute approximate surface area is 164 Å². The molecule has 2 saturated heterocycles. The summed E-state index contributed by atoms with van der Waals surface area (Å²) in [5, 5.41) is 0. The second kappa shape index (κ2) is 9.47. The van der Waals surface area contributed by atoms with E-state index in [1.54, 1.807) is 0 Å². The third kappa shape index (κ3) is 6.54. The summed E-state index contributed by atoms with van der Waals surface area (Å²) in [6, 6.07) is 10.4. The van der Waals surface area contributed by atoms with Crippen LogP contribution in [0, 0.1) is 11.8 Å². The minimum absolute atomic E-state index is 0.0541. The molecule has 27 heavy (non-hydrogen) atoms. The molecule has 1 aromatic rings. The van der Waals surface area contributed by atoms with Crippen LogP contribution in [0.15, 0.2) is 30.3 Å². The van der Waals surface area contributed by atoms with E-state index in [9.17, 15) is 8.42 Å². The van der Waals surface area contributed by atoms with Gasteiger partial charge in [0.25, 0.3) is 0 Å². The van der Waals surface area contributed by atoms with Crippen LogP contribution in [0.4, 0.5) is 0 Å². The second-order valence-corrected chi connectivity index (χ2v) is 10.2. The maximum absolute atomic E-state index is 12.4. The normalized spacial score (nSPS) is 27.3. The molecule has 0 radical (unpaired) electrons. The Morgan fingerprint density at radius 2 is 2.00 bits per heavy atom. The average Bonchev–Trinajstić information content (AvgIpc) is 3.10. The zero-order valence-corrected chi connectivity index (χ0v) is 17.3. The van der Waals surface area contributed by atoms with Crippen LogP contribution in [0.1, 0.15) is 38.7 Å². The largest absolute Gasteiger partial charge is 0.301 e. The second-order valence-electron chi connectivity index (χ2n) is 8.43. The van der Waals surface area contributed by atoms with Crippen LogP contribution in [-0.2, 0) is 15.8 Å². The highest BCUT2D eigenvalue weighted by Crippen LogP contribution is 2.19. The number of likely N-dealkylation sites (tertiary alicyclic amines) is 1. The van der Waals surface area contributed by atoms with Crippen molar-refractivity contribution in [2.45, 2.75) is 50.9 Å². The van der Waals surface area contributed by atoms with Crippen molar-refractivity contribution in [3.05, 3.63) is 35.9 Å². The van der Waals surface area contributed by atoms with E-state index in [-0.39, 0.29) is 5.75 Å². The van der Waals surface area contributed by atoms with Gasteiger partial charge >= 0.3 is 0 Å². The molecule has 3 rings (SSSR count). The van der Waals surface area contributed by atoms with Crippen molar-refractivity contribution < 1.29 is 8.42 Å². The van der Waals surface area contributed by atoms with Crippen LogP contribution < -0.4 is 15.6 Å². The molecular formula is C20H34N4O2S. The zero-order valence-electron chi connectivity index (χ0n) is 16.5. The molecule has 2 fully saturated rings. The number of rotatable bonds is 8. The van der Waals surface area contributed by atoms with Crippen LogP contribution in [0.3, 0.4) is 0 Å². The number of sulfonamides is 1. The Bertz CT molecular complexity index is 680. The van der Waals surface area contributed by atoms with Gasteiger partial charge in [-0.3, -0.25) is 10.9 Å². The lowest BCUT2D eigenvalue weighted by molar-refractivity contribution is 0.162. The lowest BCUT2D eigenvalue weighted by Crippen LogP contribution is -2.46. The van der Waals surface area contributed by atoms with E-state index in [1.165, 1.54) is 0 Å². The molecule has 0 bridgehead atoms. The molecule has 0 saturated carbocycles. The third-order valence-electron chi connectivity index (χ3n) is 5.69. The molecule has 3 atom stereocenters. The fourth-order valence-corrected chi connectivity index (χ4v) is 5.32. The summed E-state index contributed by atoms with van der Waals surface area (Å²) in [4.78, 5) is 2.49. The lowest BCUT2D eigenvalue weighted by atomic mass is 9.96. The summed E-state index contributed by atoms with van der Waals surface area (Å²) in [6.07, 6.45) is 3.39. The standard InChI is InChI=1S/C20H34N4O2S/c1-16(2)20-11-19(22-23-20)14-24-10-6-9-18(13-24)12-21-27(25,26)15-17-7-4-3-5-8-17/h3-5,7-8,16,18-23H,6,9-15H2,1-2H3. The van der Waals surface area contributed by atoms with E-state index in [1.807, 2.05) is 30.3 Å². The van der Waals surface area contributed by atoms with Crippen molar-refractivity contribution in [1.29, 1.82) is 0 Å². The molecule has 2 heterocycles. The number of hydrogen-bond acceptors (Lipinski definition) is 5. The SMILES string of the molecule is CC(C)C1CC(CN2CCCC(CNS(=O)(=O)Cc3ccccc3)C2)NN1. The third-order valence-corrected chi connectivity index (χ3v) is 7.01. The van der Waals surface area contributed by atoms with Crippen molar-refractivity contribution >= 4 is 10.0 Å². The first kappa shape index (κ1) is 20.7. The smallest absolute Gasteiger partial charge is 0.215 e. The summed E-state index contributed by atoms with van der Waals surface area (Å²) < 4.78 is 27.6. The molecule has 0 aromatic heterocycles. The molecule has 3 N–H and O–H groups in total. The first-order chi connectivity index (χ1) is 12.9.